The first-order chi connectivity index (χ1) is 13.5. The van der Waals surface area contributed by atoms with Crippen LogP contribution in [-0.2, 0) is 16.0 Å². The van der Waals surface area contributed by atoms with Gasteiger partial charge < -0.3 is 9.26 Å². The molecule has 0 saturated heterocycles. The molecule has 28 heavy (non-hydrogen) atoms. The van der Waals surface area contributed by atoms with Gasteiger partial charge in [-0.1, -0.05) is 17.3 Å². The van der Waals surface area contributed by atoms with Gasteiger partial charge in [-0.15, -0.1) is 0 Å². The van der Waals surface area contributed by atoms with Gasteiger partial charge in [0, 0.05) is 23.8 Å². The minimum Gasteiger partial charge on any atom is -0.478 e. The summed E-state index contributed by atoms with van der Waals surface area (Å²) < 4.78 is 23.9. The highest BCUT2D eigenvalue weighted by Gasteiger charge is 2.17. The van der Waals surface area contributed by atoms with Crippen LogP contribution in [0, 0.1) is 5.82 Å². The number of nitrogens with zero attached hydrogens (tertiary/aromatic N) is 2. The Balaban J connectivity index is 1.41. The second-order valence-corrected chi connectivity index (χ2v) is 6.53. The van der Waals surface area contributed by atoms with Crippen LogP contribution in [0.25, 0.3) is 11.4 Å². The first-order valence-corrected chi connectivity index (χ1v) is 9.32. The van der Waals surface area contributed by atoms with Crippen molar-refractivity contribution in [1.29, 1.82) is 0 Å². The van der Waals surface area contributed by atoms with Gasteiger partial charge in [0.05, 0.1) is 0 Å². The first-order valence-electron chi connectivity index (χ1n) is 8.38. The van der Waals surface area contributed by atoms with Crippen LogP contribution in [0.1, 0.15) is 19.2 Å². The Hall–Kier alpha value is -3.27. The summed E-state index contributed by atoms with van der Waals surface area (Å²) in [6.07, 6.45) is -0.741. The number of carbonyl (C=O) groups is 2. The molecule has 2 amide bonds. The Morgan fingerprint density at radius 3 is 2.86 bits per heavy atom. The van der Waals surface area contributed by atoms with Crippen molar-refractivity contribution in [2.45, 2.75) is 25.9 Å². The molecule has 2 heterocycles. The third kappa shape index (κ3) is 5.13. The number of hydrazine groups is 1. The molecule has 10 heteroatoms. The predicted octanol–water partition coefficient (Wildman–Crippen LogP) is 2.48. The molecule has 2 N–H and O–H groups in total. The molecule has 1 atom stereocenters. The lowest BCUT2D eigenvalue weighted by Gasteiger charge is -2.15. The molecule has 2 aromatic heterocycles. The van der Waals surface area contributed by atoms with Gasteiger partial charge in [0.15, 0.2) is 17.7 Å². The molecule has 0 saturated carbocycles. The summed E-state index contributed by atoms with van der Waals surface area (Å²) in [5.74, 6) is -0.902. The fourth-order valence-electron chi connectivity index (χ4n) is 2.17. The van der Waals surface area contributed by atoms with Crippen LogP contribution in [0.5, 0.6) is 5.75 Å². The summed E-state index contributed by atoms with van der Waals surface area (Å²) in [4.78, 5) is 28.0. The maximum absolute atomic E-state index is 13.5. The molecule has 0 bridgehead atoms. The third-order valence-corrected chi connectivity index (χ3v) is 4.33. The predicted molar refractivity (Wildman–Crippen MR) is 98.7 cm³/mol. The minimum atomic E-state index is -0.999. The highest BCUT2D eigenvalue weighted by molar-refractivity contribution is 7.08. The van der Waals surface area contributed by atoms with E-state index >= 15 is 0 Å². The lowest BCUT2D eigenvalue weighted by Crippen LogP contribution is -2.47. The van der Waals surface area contributed by atoms with Gasteiger partial charge in [-0.2, -0.15) is 16.3 Å². The van der Waals surface area contributed by atoms with Crippen molar-refractivity contribution in [1.82, 2.24) is 21.0 Å². The molecule has 0 aliphatic rings. The highest BCUT2D eigenvalue weighted by atomic mass is 32.1. The van der Waals surface area contributed by atoms with E-state index < -0.39 is 23.7 Å². The Morgan fingerprint density at radius 2 is 2.11 bits per heavy atom. The summed E-state index contributed by atoms with van der Waals surface area (Å²) >= 11 is 1.52. The van der Waals surface area contributed by atoms with Crippen LogP contribution in [0.2, 0.25) is 0 Å². The minimum absolute atomic E-state index is 0.0358. The average Bonchev–Trinajstić information content (AvgIpc) is 3.37. The number of halogens is 1. The summed E-state index contributed by atoms with van der Waals surface area (Å²) in [6, 6.07) is 7.60. The van der Waals surface area contributed by atoms with E-state index in [4.69, 9.17) is 9.26 Å². The Morgan fingerprint density at radius 1 is 1.29 bits per heavy atom. The number of hydrogen-bond acceptors (Lipinski definition) is 7. The number of amides is 2. The lowest BCUT2D eigenvalue weighted by molar-refractivity contribution is -0.132. The number of rotatable bonds is 7. The molecule has 0 radical (unpaired) electrons. The zero-order valence-electron chi connectivity index (χ0n) is 14.8. The molecule has 0 aliphatic heterocycles. The number of aromatic nitrogens is 2. The van der Waals surface area contributed by atoms with Crippen LogP contribution in [0.4, 0.5) is 4.39 Å². The largest absolute Gasteiger partial charge is 0.478 e. The van der Waals surface area contributed by atoms with Crippen molar-refractivity contribution >= 4 is 23.2 Å². The topological polar surface area (TPSA) is 106 Å². The first kappa shape index (κ1) is 19.5. The maximum Gasteiger partial charge on any atom is 0.279 e. The lowest BCUT2D eigenvalue weighted by atomic mass is 10.3. The number of aryl methyl sites for hydroxylation is 1. The monoisotopic (exact) mass is 404 g/mol. The highest BCUT2D eigenvalue weighted by Crippen LogP contribution is 2.19. The van der Waals surface area contributed by atoms with E-state index in [1.807, 2.05) is 16.8 Å². The molecule has 0 unspecified atom stereocenters. The van der Waals surface area contributed by atoms with Crippen molar-refractivity contribution in [3.05, 3.63) is 52.8 Å². The maximum atomic E-state index is 13.5. The second-order valence-electron chi connectivity index (χ2n) is 5.75. The second kappa shape index (κ2) is 9.09. The third-order valence-electron chi connectivity index (χ3n) is 3.65. The standard InChI is InChI=1S/C18H17FN4O4S/c1-11(26-14-5-3-2-4-13(14)19)18(25)22-21-15(24)6-7-16-20-17(23-27-16)12-8-9-28-10-12/h2-5,8-11H,6-7H2,1H3,(H,21,24)(H,22,25)/t11-/m1/s1. The molecule has 146 valence electrons. The molecule has 0 aliphatic carbocycles. The van der Waals surface area contributed by atoms with E-state index in [0.717, 1.165) is 5.56 Å². The van der Waals surface area contributed by atoms with Gasteiger partial charge in [-0.05, 0) is 30.5 Å². The Labute approximate surface area is 163 Å². The number of para-hydroxylation sites is 1. The van der Waals surface area contributed by atoms with Gasteiger partial charge >= 0.3 is 0 Å². The number of nitrogens with one attached hydrogen (secondary N) is 2. The van der Waals surface area contributed by atoms with Crippen molar-refractivity contribution in [2.24, 2.45) is 0 Å². The van der Waals surface area contributed by atoms with Crippen LogP contribution in [0.15, 0.2) is 45.6 Å². The Bertz CT molecular complexity index is 945. The Kier molecular flexibility index (Phi) is 6.33. The molecule has 8 nitrogen and oxygen atoms in total. The summed E-state index contributed by atoms with van der Waals surface area (Å²) in [5, 5.41) is 7.64. The van der Waals surface area contributed by atoms with Crippen molar-refractivity contribution in [2.75, 3.05) is 0 Å². The fraction of sp³-hybridized carbons (Fsp3) is 0.222. The van der Waals surface area contributed by atoms with E-state index in [-0.39, 0.29) is 18.6 Å². The molecule has 0 spiro atoms. The number of hydrogen-bond donors (Lipinski definition) is 2. The fourth-order valence-corrected chi connectivity index (χ4v) is 2.80. The normalized spacial score (nSPS) is 11.6. The summed E-state index contributed by atoms with van der Waals surface area (Å²) in [6.45, 7) is 1.44. The zero-order chi connectivity index (χ0) is 19.9. The van der Waals surface area contributed by atoms with Gasteiger partial charge in [0.1, 0.15) is 0 Å². The van der Waals surface area contributed by atoms with Gasteiger partial charge in [0.2, 0.25) is 17.6 Å². The molecule has 3 rings (SSSR count). The van der Waals surface area contributed by atoms with Gasteiger partial charge in [-0.3, -0.25) is 20.4 Å². The van der Waals surface area contributed by atoms with Crippen molar-refractivity contribution in [3.63, 3.8) is 0 Å². The van der Waals surface area contributed by atoms with Gasteiger partial charge in [0.25, 0.3) is 5.91 Å². The number of ether oxygens (including phenoxy) is 1. The van der Waals surface area contributed by atoms with Crippen LogP contribution < -0.4 is 15.6 Å². The quantitative estimate of drug-likeness (QED) is 0.586. The van der Waals surface area contributed by atoms with Gasteiger partial charge in [-0.25, -0.2) is 4.39 Å². The van der Waals surface area contributed by atoms with Crippen LogP contribution >= 0.6 is 11.3 Å². The van der Waals surface area contributed by atoms with E-state index in [1.54, 1.807) is 6.07 Å². The average molecular weight is 404 g/mol. The van der Waals surface area contributed by atoms with Crippen LogP contribution in [-0.4, -0.2) is 28.1 Å². The number of carbonyl (C=O) groups excluding carboxylic acids is 2. The van der Waals surface area contributed by atoms with Crippen LogP contribution in [0.3, 0.4) is 0 Å². The van der Waals surface area contributed by atoms with E-state index in [1.165, 1.54) is 36.5 Å². The molecule has 1 aromatic carbocycles. The van der Waals surface area contributed by atoms with E-state index in [0.29, 0.717) is 11.7 Å². The van der Waals surface area contributed by atoms with Crippen molar-refractivity contribution < 1.29 is 23.2 Å². The number of benzene rings is 1. The smallest absolute Gasteiger partial charge is 0.279 e. The van der Waals surface area contributed by atoms with E-state index in [2.05, 4.69) is 21.0 Å². The SMILES string of the molecule is C[C@@H](Oc1ccccc1F)C(=O)NNC(=O)CCc1nc(-c2ccsc2)no1. The summed E-state index contributed by atoms with van der Waals surface area (Å²) in [7, 11) is 0. The van der Waals surface area contributed by atoms with Crippen molar-refractivity contribution in [3.8, 4) is 17.1 Å². The molecular weight excluding hydrogens is 387 g/mol. The zero-order valence-corrected chi connectivity index (χ0v) is 15.7. The summed E-state index contributed by atoms with van der Waals surface area (Å²) in [5.41, 5.74) is 5.35. The molecule has 3 aromatic rings. The number of thiophene rings is 1. The van der Waals surface area contributed by atoms with E-state index in [9.17, 15) is 14.0 Å². The molecular formula is C18H17FN4O4S. The molecule has 0 fully saturated rings.